The van der Waals surface area contributed by atoms with Crippen LogP contribution in [0.1, 0.15) is 56.0 Å². The number of benzene rings is 1. The summed E-state index contributed by atoms with van der Waals surface area (Å²) in [5.74, 6) is -1.78. The molecular formula is C24H33N3O7. The fourth-order valence-corrected chi connectivity index (χ4v) is 3.50. The molecule has 1 fully saturated rings. The quantitative estimate of drug-likeness (QED) is 0.268. The SMILES string of the molecule is CC(C)COC(=O)NC(=N)c1ccc(C(=O)C[C@@H](C)C(=O)N2CCC(OCC(=O)O)CC2)cc1. The number of likely N-dealkylation sites (tertiary alicyclic amines) is 1. The Bertz CT molecular complexity index is 890. The van der Waals surface area contributed by atoms with Crippen LogP contribution in [0.15, 0.2) is 24.3 Å². The molecule has 0 bridgehead atoms. The number of carboxylic acids is 1. The summed E-state index contributed by atoms with van der Waals surface area (Å²) in [5.41, 5.74) is 0.842. The third-order valence-electron chi connectivity index (χ3n) is 5.38. The topological polar surface area (TPSA) is 146 Å². The molecule has 0 aliphatic carbocycles. The van der Waals surface area contributed by atoms with Crippen molar-refractivity contribution in [3.05, 3.63) is 35.4 Å². The number of alkyl carbamates (subject to hydrolysis) is 1. The molecule has 0 saturated carbocycles. The molecule has 2 amide bonds. The maximum absolute atomic E-state index is 12.7. The van der Waals surface area contributed by atoms with Gasteiger partial charge in [0.1, 0.15) is 12.4 Å². The van der Waals surface area contributed by atoms with Gasteiger partial charge in [0.2, 0.25) is 5.91 Å². The number of carboxylic acid groups (broad SMARTS) is 1. The minimum absolute atomic E-state index is 0.0465. The van der Waals surface area contributed by atoms with Crippen LogP contribution in [-0.2, 0) is 19.1 Å². The van der Waals surface area contributed by atoms with Crippen molar-refractivity contribution in [1.82, 2.24) is 10.2 Å². The zero-order chi connectivity index (χ0) is 25.3. The summed E-state index contributed by atoms with van der Waals surface area (Å²) in [6, 6.07) is 6.25. The third kappa shape index (κ3) is 8.58. The summed E-state index contributed by atoms with van der Waals surface area (Å²) in [7, 11) is 0. The molecule has 34 heavy (non-hydrogen) atoms. The molecule has 1 atom stereocenters. The second kappa shape index (κ2) is 12.8. The van der Waals surface area contributed by atoms with E-state index >= 15 is 0 Å². The van der Waals surface area contributed by atoms with Crippen LogP contribution in [0.3, 0.4) is 0 Å². The number of hydrogen-bond donors (Lipinski definition) is 3. The molecule has 1 saturated heterocycles. The first-order valence-electron chi connectivity index (χ1n) is 11.3. The largest absolute Gasteiger partial charge is 0.480 e. The lowest BCUT2D eigenvalue weighted by Crippen LogP contribution is -2.43. The van der Waals surface area contributed by atoms with E-state index in [4.69, 9.17) is 20.0 Å². The van der Waals surface area contributed by atoms with Gasteiger partial charge in [-0.2, -0.15) is 0 Å². The predicted molar refractivity (Wildman–Crippen MR) is 124 cm³/mol. The molecule has 10 nitrogen and oxygen atoms in total. The van der Waals surface area contributed by atoms with Crippen LogP contribution in [0, 0.1) is 17.2 Å². The van der Waals surface area contributed by atoms with Crippen molar-refractivity contribution in [1.29, 1.82) is 5.41 Å². The van der Waals surface area contributed by atoms with Crippen molar-refractivity contribution < 1.29 is 33.8 Å². The van der Waals surface area contributed by atoms with Gasteiger partial charge in [-0.25, -0.2) is 9.59 Å². The van der Waals surface area contributed by atoms with Gasteiger partial charge in [0.25, 0.3) is 0 Å². The number of carbonyl (C=O) groups excluding carboxylic acids is 3. The zero-order valence-corrected chi connectivity index (χ0v) is 19.8. The van der Waals surface area contributed by atoms with Crippen LogP contribution >= 0.6 is 0 Å². The molecule has 0 unspecified atom stereocenters. The lowest BCUT2D eigenvalue weighted by Gasteiger charge is -2.33. The van der Waals surface area contributed by atoms with E-state index < -0.39 is 18.0 Å². The molecular weight excluding hydrogens is 442 g/mol. The van der Waals surface area contributed by atoms with Crippen LogP contribution in [0.25, 0.3) is 0 Å². The molecule has 1 aromatic rings. The van der Waals surface area contributed by atoms with E-state index in [9.17, 15) is 19.2 Å². The Balaban J connectivity index is 1.82. The number of Topliss-reactive ketones (excluding diaryl/α,β-unsaturated/α-hetero) is 1. The molecule has 2 rings (SSSR count). The molecule has 3 N–H and O–H groups in total. The second-order valence-corrected chi connectivity index (χ2v) is 8.83. The van der Waals surface area contributed by atoms with Gasteiger partial charge in [-0.3, -0.25) is 20.3 Å². The molecule has 10 heteroatoms. The van der Waals surface area contributed by atoms with Crippen LogP contribution in [0.4, 0.5) is 4.79 Å². The van der Waals surface area contributed by atoms with Crippen molar-refractivity contribution in [2.45, 2.75) is 46.1 Å². The summed E-state index contributed by atoms with van der Waals surface area (Å²) < 4.78 is 10.3. The zero-order valence-electron chi connectivity index (χ0n) is 19.8. The van der Waals surface area contributed by atoms with Gasteiger partial charge in [0.05, 0.1) is 12.7 Å². The Morgan fingerprint density at radius 3 is 2.24 bits per heavy atom. The van der Waals surface area contributed by atoms with Gasteiger partial charge in [-0.05, 0) is 18.8 Å². The van der Waals surface area contributed by atoms with Gasteiger partial charge in [-0.1, -0.05) is 45.0 Å². The van der Waals surface area contributed by atoms with E-state index in [1.807, 2.05) is 13.8 Å². The number of ether oxygens (including phenoxy) is 2. The van der Waals surface area contributed by atoms with Crippen LogP contribution in [0.2, 0.25) is 0 Å². The van der Waals surface area contributed by atoms with E-state index in [-0.39, 0.29) is 49.2 Å². The number of amides is 2. The monoisotopic (exact) mass is 475 g/mol. The molecule has 0 aromatic heterocycles. The Hall–Kier alpha value is -3.27. The number of hydrogen-bond acceptors (Lipinski definition) is 7. The summed E-state index contributed by atoms with van der Waals surface area (Å²) in [6.07, 6.45) is 0.285. The highest BCUT2D eigenvalue weighted by Crippen LogP contribution is 2.19. The highest BCUT2D eigenvalue weighted by Gasteiger charge is 2.28. The number of nitrogens with one attached hydrogen (secondary N) is 2. The molecule has 1 heterocycles. The average Bonchev–Trinajstić information content (AvgIpc) is 2.81. The van der Waals surface area contributed by atoms with Gasteiger partial charge in [0.15, 0.2) is 5.78 Å². The number of piperidine rings is 1. The lowest BCUT2D eigenvalue weighted by molar-refractivity contribution is -0.147. The van der Waals surface area contributed by atoms with Gasteiger partial charge >= 0.3 is 12.1 Å². The average molecular weight is 476 g/mol. The smallest absolute Gasteiger partial charge is 0.412 e. The van der Waals surface area contributed by atoms with Gasteiger partial charge in [0, 0.05) is 36.6 Å². The maximum Gasteiger partial charge on any atom is 0.412 e. The summed E-state index contributed by atoms with van der Waals surface area (Å²) in [5, 5.41) is 19.0. The van der Waals surface area contributed by atoms with E-state index in [0.29, 0.717) is 37.1 Å². The minimum atomic E-state index is -1.02. The first kappa shape index (κ1) is 27.0. The fraction of sp³-hybridized carbons (Fsp3) is 0.542. The minimum Gasteiger partial charge on any atom is -0.480 e. The van der Waals surface area contributed by atoms with E-state index in [0.717, 1.165) is 0 Å². The highest BCUT2D eigenvalue weighted by atomic mass is 16.5. The van der Waals surface area contributed by atoms with E-state index in [1.54, 1.807) is 36.1 Å². The van der Waals surface area contributed by atoms with Crippen molar-refractivity contribution in [3.8, 4) is 0 Å². The lowest BCUT2D eigenvalue weighted by atomic mass is 9.96. The van der Waals surface area contributed by atoms with Gasteiger partial charge < -0.3 is 19.5 Å². The summed E-state index contributed by atoms with van der Waals surface area (Å²) >= 11 is 0. The molecule has 1 aliphatic rings. The Kier molecular flexibility index (Phi) is 10.2. The maximum atomic E-state index is 12.7. The van der Waals surface area contributed by atoms with Crippen LogP contribution in [0.5, 0.6) is 0 Å². The standard InChI is InChI=1S/C24H33N3O7/c1-15(2)13-34-24(32)26-22(25)18-6-4-17(5-7-18)20(28)12-16(3)23(31)27-10-8-19(9-11-27)33-14-21(29)30/h4-7,15-16,19H,8-14H2,1-3H3,(H,29,30)(H2,25,26,32)/t16-/m1/s1. The molecule has 186 valence electrons. The van der Waals surface area contributed by atoms with Crippen LogP contribution in [-0.4, -0.2) is 72.0 Å². The van der Waals surface area contributed by atoms with E-state index in [1.165, 1.54) is 0 Å². The first-order valence-corrected chi connectivity index (χ1v) is 11.3. The summed E-state index contributed by atoms with van der Waals surface area (Å²) in [4.78, 5) is 49.4. The van der Waals surface area contributed by atoms with Crippen LogP contribution < -0.4 is 5.32 Å². The first-order chi connectivity index (χ1) is 16.1. The number of nitrogens with zero attached hydrogens (tertiary/aromatic N) is 1. The third-order valence-corrected chi connectivity index (χ3v) is 5.38. The van der Waals surface area contributed by atoms with Crippen molar-refractivity contribution >= 4 is 29.6 Å². The Morgan fingerprint density at radius 1 is 1.09 bits per heavy atom. The normalized spacial score (nSPS) is 15.0. The number of rotatable bonds is 10. The van der Waals surface area contributed by atoms with Crippen molar-refractivity contribution in [3.63, 3.8) is 0 Å². The predicted octanol–water partition coefficient (Wildman–Crippen LogP) is 2.70. The molecule has 1 aliphatic heterocycles. The molecule has 0 spiro atoms. The molecule has 1 aromatic carbocycles. The van der Waals surface area contributed by atoms with E-state index in [2.05, 4.69) is 5.32 Å². The number of aliphatic carboxylic acids is 1. The Labute approximate surface area is 199 Å². The second-order valence-electron chi connectivity index (χ2n) is 8.83. The van der Waals surface area contributed by atoms with Crippen molar-refractivity contribution in [2.75, 3.05) is 26.3 Å². The highest BCUT2D eigenvalue weighted by molar-refractivity contribution is 6.05. The Morgan fingerprint density at radius 2 is 1.68 bits per heavy atom. The molecule has 0 radical (unpaired) electrons. The fourth-order valence-electron chi connectivity index (χ4n) is 3.50. The van der Waals surface area contributed by atoms with Gasteiger partial charge in [-0.15, -0.1) is 0 Å². The summed E-state index contributed by atoms with van der Waals surface area (Å²) in [6.45, 7) is 6.36. The van der Waals surface area contributed by atoms with Crippen molar-refractivity contribution in [2.24, 2.45) is 11.8 Å². The number of amidine groups is 1. The number of ketones is 1. The number of carbonyl (C=O) groups is 4.